The third-order valence-corrected chi connectivity index (χ3v) is 9.31. The molecule has 1 aromatic heterocycles. The van der Waals surface area contributed by atoms with Gasteiger partial charge in [-0.15, -0.1) is 11.8 Å². The van der Waals surface area contributed by atoms with E-state index in [1.165, 1.54) is 27.1 Å². The average Bonchev–Trinajstić information content (AvgIpc) is 3.26. The fraction of sp³-hybridized carbons (Fsp3) is 0.500. The number of carboxylic acids is 1. The zero-order valence-electron chi connectivity index (χ0n) is 20.6. The molecule has 1 saturated carbocycles. The number of nitro groups is 1. The molecule has 8 heteroatoms. The van der Waals surface area contributed by atoms with Crippen LogP contribution >= 0.6 is 11.8 Å². The summed E-state index contributed by atoms with van der Waals surface area (Å²) in [6, 6.07) is 10.7. The fourth-order valence-corrected chi connectivity index (χ4v) is 7.66. The highest BCUT2D eigenvalue weighted by atomic mass is 32.2. The van der Waals surface area contributed by atoms with Crippen LogP contribution in [0.4, 0.5) is 0 Å². The molecule has 2 aromatic rings. The Morgan fingerprint density at radius 3 is 2.89 bits per heavy atom. The van der Waals surface area contributed by atoms with E-state index in [0.717, 1.165) is 51.6 Å². The van der Waals surface area contributed by atoms with E-state index < -0.39 is 5.97 Å². The van der Waals surface area contributed by atoms with Crippen molar-refractivity contribution in [1.82, 2.24) is 4.90 Å². The lowest BCUT2D eigenvalue weighted by Gasteiger charge is -2.35. The number of aromatic nitrogens is 1. The third kappa shape index (κ3) is 5.28. The highest BCUT2D eigenvalue weighted by Gasteiger charge is 2.46. The van der Waals surface area contributed by atoms with Crippen molar-refractivity contribution in [3.63, 3.8) is 0 Å². The molecule has 1 saturated heterocycles. The third-order valence-electron chi connectivity index (χ3n) is 7.78. The number of fused-ring (bicyclic) bond motifs is 4. The van der Waals surface area contributed by atoms with E-state index in [2.05, 4.69) is 58.1 Å². The molecular weight excluding hydrogens is 474 g/mol. The van der Waals surface area contributed by atoms with Crippen LogP contribution in [0.25, 0.3) is 17.0 Å². The van der Waals surface area contributed by atoms with Crippen LogP contribution in [0.15, 0.2) is 53.2 Å². The molecule has 0 amide bonds. The van der Waals surface area contributed by atoms with Crippen LogP contribution in [0.5, 0.6) is 0 Å². The minimum absolute atomic E-state index is 0.0773. The topological polar surface area (TPSA) is 87.6 Å². The molecule has 0 radical (unpaired) electrons. The van der Waals surface area contributed by atoms with Gasteiger partial charge in [0.2, 0.25) is 11.6 Å². The van der Waals surface area contributed by atoms with Crippen LogP contribution in [0.1, 0.15) is 63.4 Å². The number of hydrogen-bond donors (Lipinski definition) is 1. The molecule has 0 bridgehead atoms. The van der Waals surface area contributed by atoms with Gasteiger partial charge in [0.15, 0.2) is 6.20 Å². The van der Waals surface area contributed by atoms with Crippen molar-refractivity contribution in [3.05, 3.63) is 68.9 Å². The first-order chi connectivity index (χ1) is 17.5. The molecule has 1 aromatic carbocycles. The number of benzene rings is 1. The van der Waals surface area contributed by atoms with Gasteiger partial charge in [-0.25, -0.2) is 0 Å². The Morgan fingerprint density at radius 1 is 1.19 bits per heavy atom. The van der Waals surface area contributed by atoms with Crippen molar-refractivity contribution >= 4 is 34.7 Å². The molecule has 7 nitrogen and oxygen atoms in total. The summed E-state index contributed by atoms with van der Waals surface area (Å²) in [4.78, 5) is 24.6. The van der Waals surface area contributed by atoms with Crippen LogP contribution in [0, 0.1) is 10.1 Å². The summed E-state index contributed by atoms with van der Waals surface area (Å²) in [7, 11) is 0. The minimum Gasteiger partial charge on any atom is -0.481 e. The van der Waals surface area contributed by atoms with Gasteiger partial charge in [0.25, 0.3) is 0 Å². The Hall–Kier alpha value is -2.87. The maximum absolute atomic E-state index is 11.4. The second-order valence-electron chi connectivity index (χ2n) is 10.1. The summed E-state index contributed by atoms with van der Waals surface area (Å²) in [5, 5.41) is 23.1. The van der Waals surface area contributed by atoms with Gasteiger partial charge in [-0.2, -0.15) is 4.57 Å². The largest absolute Gasteiger partial charge is 0.481 e. The van der Waals surface area contributed by atoms with Gasteiger partial charge in [-0.1, -0.05) is 24.3 Å². The van der Waals surface area contributed by atoms with Crippen molar-refractivity contribution in [2.24, 2.45) is 0 Å². The highest BCUT2D eigenvalue weighted by molar-refractivity contribution is 8.04. The Balaban J connectivity index is 1.33. The maximum atomic E-state index is 11.4. The second kappa shape index (κ2) is 11.0. The van der Waals surface area contributed by atoms with Gasteiger partial charge >= 0.3 is 5.97 Å². The van der Waals surface area contributed by atoms with Crippen molar-refractivity contribution < 1.29 is 19.4 Å². The number of carbonyl (C=O) groups is 1. The van der Waals surface area contributed by atoms with E-state index in [4.69, 9.17) is 5.11 Å². The fourth-order valence-electron chi connectivity index (χ4n) is 5.93. The summed E-state index contributed by atoms with van der Waals surface area (Å²) in [5.74, 6) is -0.725. The Labute approximate surface area is 216 Å². The van der Waals surface area contributed by atoms with Crippen LogP contribution in [0.3, 0.4) is 0 Å². The number of hydrogen-bond acceptors (Lipinski definition) is 5. The van der Waals surface area contributed by atoms with E-state index in [1.54, 1.807) is 0 Å². The monoisotopic (exact) mass is 508 g/mol. The molecule has 3 unspecified atom stereocenters. The summed E-state index contributed by atoms with van der Waals surface area (Å²) < 4.78 is 2.26. The Kier molecular flexibility index (Phi) is 7.60. The summed E-state index contributed by atoms with van der Waals surface area (Å²) in [5.41, 5.74) is 3.73. The van der Waals surface area contributed by atoms with Gasteiger partial charge in [0.1, 0.15) is 6.54 Å². The second-order valence-corrected chi connectivity index (χ2v) is 11.4. The zero-order valence-corrected chi connectivity index (χ0v) is 21.4. The Bertz CT molecular complexity index is 1210. The molecule has 3 atom stereocenters. The number of pyridine rings is 1. The number of carboxylic acid groups (broad SMARTS) is 1. The highest BCUT2D eigenvalue weighted by Crippen LogP contribution is 2.49. The van der Waals surface area contributed by atoms with Crippen molar-refractivity contribution in [2.45, 2.75) is 81.7 Å². The molecule has 3 aliphatic rings. The minimum atomic E-state index is -0.725. The molecule has 2 aliphatic heterocycles. The molecule has 1 N–H and O–H groups in total. The molecule has 2 fully saturated rings. The number of unbranched alkanes of at least 4 members (excludes halogenated alkanes) is 2. The Morgan fingerprint density at radius 2 is 2.06 bits per heavy atom. The number of aryl methyl sites for hydroxylation is 1. The number of rotatable bonds is 9. The van der Waals surface area contributed by atoms with E-state index in [9.17, 15) is 14.9 Å². The van der Waals surface area contributed by atoms with Crippen LogP contribution in [-0.4, -0.2) is 44.8 Å². The van der Waals surface area contributed by atoms with E-state index in [-0.39, 0.29) is 17.4 Å². The lowest BCUT2D eigenvalue weighted by molar-refractivity contribution is -0.671. The number of thioether (sulfide) groups is 1. The average molecular weight is 509 g/mol. The molecule has 3 heterocycles. The lowest BCUT2D eigenvalue weighted by atomic mass is 9.89. The van der Waals surface area contributed by atoms with Gasteiger partial charge in [0, 0.05) is 60.6 Å². The lowest BCUT2D eigenvalue weighted by Crippen LogP contribution is -2.43. The van der Waals surface area contributed by atoms with E-state index in [1.807, 2.05) is 11.8 Å². The standard InChI is InChI=1S/C28H33N3O4S/c32-27(33)10-2-1-5-16-29-18-15-20(23-8-3-4-9-24(23)29)11-12-21-7-6-17-30-25-14-13-22(31(34)35)19-26(25)36-28(21)30/h3-4,8-9,11-12,15,18,22,25-26H,1-2,5-7,10,13-14,16-17,19H2/p+1. The zero-order chi connectivity index (χ0) is 25.1. The van der Waals surface area contributed by atoms with Gasteiger partial charge in [-0.05, 0) is 49.3 Å². The normalized spacial score (nSPS) is 23.8. The van der Waals surface area contributed by atoms with Crippen molar-refractivity contribution in [1.29, 1.82) is 0 Å². The van der Waals surface area contributed by atoms with Gasteiger partial charge in [-0.3, -0.25) is 14.9 Å². The smallest absolute Gasteiger partial charge is 0.303 e. The number of para-hydroxylation sites is 1. The van der Waals surface area contributed by atoms with Crippen LogP contribution in [-0.2, 0) is 11.3 Å². The SMILES string of the molecule is O=C(O)CCCCC[n+]1ccc(C=CC2=C3SC4CC([N+](=O)[O-])CCC4N3CCC2)c2ccccc21. The number of allylic oxidation sites excluding steroid dienone is 2. The summed E-state index contributed by atoms with van der Waals surface area (Å²) in [6.45, 7) is 1.93. The summed E-state index contributed by atoms with van der Waals surface area (Å²) >= 11 is 1.87. The van der Waals surface area contributed by atoms with Crippen molar-refractivity contribution in [2.75, 3.05) is 6.54 Å². The van der Waals surface area contributed by atoms with Gasteiger partial charge in [0.05, 0.1) is 10.4 Å². The molecule has 190 valence electrons. The molecule has 1 aliphatic carbocycles. The van der Waals surface area contributed by atoms with Crippen molar-refractivity contribution in [3.8, 4) is 0 Å². The first kappa shape index (κ1) is 24.8. The first-order valence-corrected chi connectivity index (χ1v) is 14.0. The van der Waals surface area contributed by atoms with Gasteiger partial charge < -0.3 is 10.0 Å². The van der Waals surface area contributed by atoms with E-state index >= 15 is 0 Å². The quantitative estimate of drug-likeness (QED) is 0.211. The predicted molar refractivity (Wildman–Crippen MR) is 142 cm³/mol. The summed E-state index contributed by atoms with van der Waals surface area (Å²) in [6.07, 6.45) is 13.9. The van der Waals surface area contributed by atoms with E-state index in [0.29, 0.717) is 24.1 Å². The van der Waals surface area contributed by atoms with Crippen LogP contribution in [0.2, 0.25) is 0 Å². The first-order valence-electron chi connectivity index (χ1n) is 13.1. The molecule has 36 heavy (non-hydrogen) atoms. The number of aliphatic carboxylic acids is 1. The molecule has 5 rings (SSSR count). The predicted octanol–water partition coefficient (Wildman–Crippen LogP) is 5.41. The maximum Gasteiger partial charge on any atom is 0.303 e. The molecular formula is C28H34N3O4S+. The molecule has 0 spiro atoms. The van der Waals surface area contributed by atoms with Crippen LogP contribution < -0.4 is 4.57 Å². The number of nitrogens with zero attached hydrogens (tertiary/aromatic N) is 3.